The molecule has 0 rings (SSSR count). The Morgan fingerprint density at radius 2 is 0.824 bits per heavy atom. The van der Waals surface area contributed by atoms with Crippen molar-refractivity contribution in [2.75, 3.05) is 40.9 Å². The van der Waals surface area contributed by atoms with Crippen LogP contribution in [0, 0.1) is 0 Å². The summed E-state index contributed by atoms with van der Waals surface area (Å²) in [5.74, 6) is -0.500. The number of hydrogen-bond acceptors (Lipinski definition) is 6. The number of nitrogens with one attached hydrogen (secondary N) is 1. The minimum atomic E-state index is -4.44. The summed E-state index contributed by atoms with van der Waals surface area (Å²) in [7, 11) is 1.50. The van der Waals surface area contributed by atoms with Crippen LogP contribution in [0.5, 0.6) is 0 Å². The molecule has 0 aliphatic carbocycles. The molecule has 0 aromatic carbocycles. The largest absolute Gasteiger partial charge is 0.472 e. The number of likely N-dealkylation sites (N-methyl/N-ethyl adjacent to an activating group) is 1. The monoisotopic (exact) mass is 1060 g/mol. The molecule has 0 bridgehead atoms. The van der Waals surface area contributed by atoms with Crippen molar-refractivity contribution in [3.8, 4) is 0 Å². The highest BCUT2D eigenvalue weighted by molar-refractivity contribution is 7.47. The average molecular weight is 1060 g/mol. The second-order valence-corrected chi connectivity index (χ2v) is 24.0. The summed E-state index contributed by atoms with van der Waals surface area (Å²) in [5, 5.41) is 3.06. The summed E-state index contributed by atoms with van der Waals surface area (Å²) in [4.78, 5) is 37.7. The number of nitrogens with zero attached hydrogens (tertiary/aromatic N) is 1. The zero-order chi connectivity index (χ0) is 54.3. The molecule has 434 valence electrons. The fourth-order valence-corrected chi connectivity index (χ4v) is 9.86. The van der Waals surface area contributed by atoms with Gasteiger partial charge < -0.3 is 19.4 Å². The smallest absolute Gasteiger partial charge is 0.456 e. The van der Waals surface area contributed by atoms with Gasteiger partial charge in [0.2, 0.25) is 5.91 Å². The number of phosphoric ester groups is 1. The highest BCUT2D eigenvalue weighted by atomic mass is 31.2. The number of carbonyl (C=O) groups excluding carboxylic acids is 2. The summed E-state index contributed by atoms with van der Waals surface area (Å²) in [5.41, 5.74) is 0. The molecule has 0 heterocycles. The van der Waals surface area contributed by atoms with Crippen LogP contribution in [0.15, 0.2) is 48.6 Å². The minimum absolute atomic E-state index is 0.0409. The number of esters is 1. The first-order valence-electron chi connectivity index (χ1n) is 31.5. The van der Waals surface area contributed by atoms with Crippen molar-refractivity contribution in [3.05, 3.63) is 48.6 Å². The molecule has 0 saturated carbocycles. The maximum absolute atomic E-state index is 13.5. The van der Waals surface area contributed by atoms with Gasteiger partial charge in [0.1, 0.15) is 19.3 Å². The van der Waals surface area contributed by atoms with Crippen LogP contribution >= 0.6 is 7.82 Å². The second kappa shape index (κ2) is 54.3. The molecule has 0 saturated heterocycles. The molecule has 0 spiro atoms. The summed E-state index contributed by atoms with van der Waals surface area (Å²) >= 11 is 0. The third-order valence-electron chi connectivity index (χ3n) is 14.0. The van der Waals surface area contributed by atoms with Crippen LogP contribution in [0.2, 0.25) is 0 Å². The van der Waals surface area contributed by atoms with Crippen molar-refractivity contribution in [2.45, 2.75) is 309 Å². The van der Waals surface area contributed by atoms with Crippen LogP contribution < -0.4 is 5.32 Å². The van der Waals surface area contributed by atoms with E-state index in [1.165, 1.54) is 193 Å². The third-order valence-corrected chi connectivity index (χ3v) is 15.0. The number of amides is 1. The second-order valence-electron chi connectivity index (χ2n) is 22.6. The fraction of sp³-hybridized carbons (Fsp3) is 0.844. The van der Waals surface area contributed by atoms with E-state index >= 15 is 0 Å². The molecular weight excluding hydrogens is 940 g/mol. The SMILES string of the molecule is CCCCC/C=C\C/C=C\C/C=C\CCCCCCCCCCCCC(=O)OC(/C=C/CCCCCCCCCCC)C(COP(=O)(O)OCC[N+](C)(C)C)NC(=O)CCCCCCCCCCCCCCCC. The standard InChI is InChI=1S/C64H121N2O7P/c1-7-10-13-16-19-22-25-27-29-30-31-32-33-34-35-36-37-39-42-45-48-51-54-57-64(68)73-62(55-52-49-46-43-40-24-21-18-15-12-9-3)61(60-72-74(69,70)71-59-58-66(4,5)6)65-63(67)56-53-50-47-44-41-38-28-26-23-20-17-14-11-8-2/h19,22,27,29,31-32,52,55,61-62H,7-18,20-21,23-26,28,30,33-51,53-54,56-60H2,1-6H3,(H-,65,67,69,70)/p+1/b22-19-,29-27-,32-31-,55-52+. The Bertz CT molecular complexity index is 1410. The molecule has 2 N–H and O–H groups in total. The minimum Gasteiger partial charge on any atom is -0.456 e. The van der Waals surface area contributed by atoms with Crippen LogP contribution in [0.25, 0.3) is 0 Å². The number of rotatable bonds is 57. The van der Waals surface area contributed by atoms with Crippen LogP contribution in [0.4, 0.5) is 0 Å². The molecule has 9 nitrogen and oxygen atoms in total. The number of ether oxygens (including phenoxy) is 1. The Morgan fingerprint density at radius 1 is 0.473 bits per heavy atom. The van der Waals surface area contributed by atoms with Crippen LogP contribution in [-0.2, 0) is 27.9 Å². The molecule has 74 heavy (non-hydrogen) atoms. The van der Waals surface area contributed by atoms with Gasteiger partial charge in [0.05, 0.1) is 33.8 Å². The number of phosphoric acid groups is 1. The van der Waals surface area contributed by atoms with Crippen LogP contribution in [0.1, 0.15) is 297 Å². The Balaban J connectivity index is 5.13. The zero-order valence-corrected chi connectivity index (χ0v) is 50.5. The lowest BCUT2D eigenvalue weighted by Gasteiger charge is -2.27. The first kappa shape index (κ1) is 72.0. The summed E-state index contributed by atoms with van der Waals surface area (Å²) < 4.78 is 30.7. The van der Waals surface area contributed by atoms with E-state index in [4.69, 9.17) is 13.8 Å². The van der Waals surface area contributed by atoms with E-state index in [1.807, 2.05) is 33.3 Å². The Labute approximate surface area is 458 Å². The molecule has 1 amide bonds. The first-order chi connectivity index (χ1) is 35.9. The lowest BCUT2D eigenvalue weighted by molar-refractivity contribution is -0.870. The number of carbonyl (C=O) groups is 2. The van der Waals surface area contributed by atoms with Gasteiger partial charge in [-0.3, -0.25) is 18.6 Å². The Hall–Kier alpha value is -2.03. The lowest BCUT2D eigenvalue weighted by Crippen LogP contribution is -2.47. The van der Waals surface area contributed by atoms with E-state index < -0.39 is 20.0 Å². The first-order valence-corrected chi connectivity index (χ1v) is 33.0. The average Bonchev–Trinajstić information content (AvgIpc) is 3.36. The van der Waals surface area contributed by atoms with Gasteiger partial charge in [-0.05, 0) is 70.3 Å². The van der Waals surface area contributed by atoms with Gasteiger partial charge >= 0.3 is 13.8 Å². The third kappa shape index (κ3) is 54.7. The molecule has 0 fully saturated rings. The summed E-state index contributed by atoms with van der Waals surface area (Å²) in [6.07, 6.45) is 66.8. The molecule has 0 aromatic heterocycles. The molecule has 3 atom stereocenters. The van der Waals surface area contributed by atoms with Crippen LogP contribution in [0.3, 0.4) is 0 Å². The predicted molar refractivity (Wildman–Crippen MR) is 319 cm³/mol. The van der Waals surface area contributed by atoms with E-state index in [9.17, 15) is 19.0 Å². The highest BCUT2D eigenvalue weighted by Crippen LogP contribution is 2.43. The van der Waals surface area contributed by atoms with Gasteiger partial charge in [-0.2, -0.15) is 0 Å². The molecule has 0 aliphatic heterocycles. The van der Waals surface area contributed by atoms with Crippen molar-refractivity contribution in [1.29, 1.82) is 0 Å². The van der Waals surface area contributed by atoms with Gasteiger partial charge in [-0.25, -0.2) is 4.57 Å². The lowest BCUT2D eigenvalue weighted by atomic mass is 10.0. The zero-order valence-electron chi connectivity index (χ0n) is 49.6. The van der Waals surface area contributed by atoms with Crippen molar-refractivity contribution in [2.24, 2.45) is 0 Å². The predicted octanol–water partition coefficient (Wildman–Crippen LogP) is 19.3. The number of allylic oxidation sites excluding steroid dienone is 7. The maximum atomic E-state index is 13.5. The van der Waals surface area contributed by atoms with Crippen molar-refractivity contribution in [3.63, 3.8) is 0 Å². The molecule has 0 aromatic rings. The highest BCUT2D eigenvalue weighted by Gasteiger charge is 2.30. The molecule has 0 aliphatic rings. The van der Waals surface area contributed by atoms with E-state index in [1.54, 1.807) is 0 Å². The Kier molecular flexibility index (Phi) is 52.8. The quantitative estimate of drug-likeness (QED) is 0.0205. The topological polar surface area (TPSA) is 111 Å². The van der Waals surface area contributed by atoms with E-state index in [2.05, 4.69) is 62.5 Å². The normalized spacial score (nSPS) is 14.0. The molecule has 10 heteroatoms. The summed E-state index contributed by atoms with van der Waals surface area (Å²) in [6, 6.07) is -0.846. The Morgan fingerprint density at radius 3 is 1.26 bits per heavy atom. The van der Waals surface area contributed by atoms with E-state index in [0.29, 0.717) is 17.4 Å². The van der Waals surface area contributed by atoms with Crippen molar-refractivity contribution >= 4 is 19.7 Å². The van der Waals surface area contributed by atoms with Crippen molar-refractivity contribution in [1.82, 2.24) is 5.32 Å². The number of unbranched alkanes of at least 4 members (excludes halogenated alkanes) is 35. The van der Waals surface area contributed by atoms with Crippen LogP contribution in [-0.4, -0.2) is 74.3 Å². The molecule has 0 radical (unpaired) electrons. The van der Waals surface area contributed by atoms with Gasteiger partial charge in [0.15, 0.2) is 0 Å². The number of quaternary nitrogens is 1. The van der Waals surface area contributed by atoms with E-state index in [0.717, 1.165) is 70.6 Å². The number of hydrogen-bond donors (Lipinski definition) is 2. The van der Waals surface area contributed by atoms with Gasteiger partial charge in [0, 0.05) is 12.8 Å². The van der Waals surface area contributed by atoms with Gasteiger partial charge in [0.25, 0.3) is 0 Å². The van der Waals surface area contributed by atoms with Gasteiger partial charge in [-0.15, -0.1) is 0 Å². The molecular formula is C64H122N2O7P+. The maximum Gasteiger partial charge on any atom is 0.472 e. The van der Waals surface area contributed by atoms with Gasteiger partial charge in [-0.1, -0.05) is 262 Å². The van der Waals surface area contributed by atoms with E-state index in [-0.39, 0.29) is 31.5 Å². The van der Waals surface area contributed by atoms with Crippen molar-refractivity contribution < 1.29 is 37.3 Å². The molecule has 3 unspecified atom stereocenters. The fourth-order valence-electron chi connectivity index (χ4n) is 9.12. The summed E-state index contributed by atoms with van der Waals surface area (Å²) in [6.45, 7) is 7.00.